The molecule has 0 saturated carbocycles. The van der Waals surface area contributed by atoms with Crippen molar-refractivity contribution in [1.82, 2.24) is 10.2 Å². The van der Waals surface area contributed by atoms with Crippen LogP contribution >= 0.6 is 0 Å². The standard InChI is InChI=1S/C55H53F2N5O3/c1-61-27-29-62(30-28-61)46-24-25-47(39(34-46)15-13-31-65-2)54(64)59-53(58)49-35-41(32-38-14-12-22-45(56)33-38)48(40-23-26-52(63)50(57)36-40)37-51(49)60-55(42-16-6-3-7-17-42,43-18-8-4-9-19-43)44-20-10-5-11-21-44/h3-12,14,16-26,33-37,60,63H,13,15,27-32H2,1-2H3,(H2,58,59,64). The number of methoxy groups -OCH3 is 1. The Hall–Kier alpha value is -7.14. The fourth-order valence-electron chi connectivity index (χ4n) is 8.82. The van der Waals surface area contributed by atoms with Gasteiger partial charge in [0.25, 0.3) is 5.91 Å². The van der Waals surface area contributed by atoms with Gasteiger partial charge in [0.2, 0.25) is 0 Å². The Morgan fingerprint density at radius 3 is 1.97 bits per heavy atom. The molecule has 330 valence electrons. The van der Waals surface area contributed by atoms with Crippen LogP contribution in [0.25, 0.3) is 11.1 Å². The molecule has 7 aromatic carbocycles. The van der Waals surface area contributed by atoms with Crippen LogP contribution in [0.2, 0.25) is 0 Å². The molecule has 0 spiro atoms. The van der Waals surface area contributed by atoms with Crippen LogP contribution in [0, 0.1) is 17.0 Å². The van der Waals surface area contributed by atoms with E-state index in [9.17, 15) is 19.7 Å². The number of aryl methyl sites for hydroxylation is 1. The second-order valence-corrected chi connectivity index (χ2v) is 16.6. The summed E-state index contributed by atoms with van der Waals surface area (Å²) in [6, 6.07) is 50.1. The third-order valence-corrected chi connectivity index (χ3v) is 12.2. The van der Waals surface area contributed by atoms with Crippen LogP contribution in [-0.2, 0) is 23.1 Å². The van der Waals surface area contributed by atoms with Gasteiger partial charge in [-0.3, -0.25) is 10.2 Å². The highest BCUT2D eigenvalue weighted by atomic mass is 19.1. The van der Waals surface area contributed by atoms with Crippen LogP contribution in [0.5, 0.6) is 5.75 Å². The van der Waals surface area contributed by atoms with Gasteiger partial charge < -0.3 is 30.3 Å². The Kier molecular flexibility index (Phi) is 13.8. The Morgan fingerprint density at radius 1 is 0.723 bits per heavy atom. The molecule has 8 nitrogen and oxygen atoms in total. The van der Waals surface area contributed by atoms with Crippen LogP contribution in [-0.4, -0.2) is 68.7 Å². The summed E-state index contributed by atoms with van der Waals surface area (Å²) in [5.74, 6) is -2.30. The average Bonchev–Trinajstić information content (AvgIpc) is 3.33. The van der Waals surface area contributed by atoms with Gasteiger partial charge in [0.05, 0.1) is 0 Å². The van der Waals surface area contributed by atoms with Gasteiger partial charge in [0, 0.05) is 62.4 Å². The number of anilines is 2. The Morgan fingerprint density at radius 2 is 1.37 bits per heavy atom. The first kappa shape index (κ1) is 44.5. The van der Waals surface area contributed by atoms with Crippen molar-refractivity contribution in [1.29, 1.82) is 5.41 Å². The molecule has 1 aliphatic heterocycles. The second kappa shape index (κ2) is 20.1. The molecule has 0 aromatic heterocycles. The average molecular weight is 870 g/mol. The maximum absolute atomic E-state index is 15.3. The summed E-state index contributed by atoms with van der Waals surface area (Å²) in [6.07, 6.45) is 1.52. The van der Waals surface area contributed by atoms with Gasteiger partial charge in [0.15, 0.2) is 11.6 Å². The van der Waals surface area contributed by atoms with Crippen LogP contribution in [0.3, 0.4) is 0 Å². The minimum Gasteiger partial charge on any atom is -0.505 e. The number of ether oxygens (including phenoxy) is 1. The highest BCUT2D eigenvalue weighted by Crippen LogP contribution is 2.43. The van der Waals surface area contributed by atoms with Crippen molar-refractivity contribution in [3.63, 3.8) is 0 Å². The molecule has 0 bridgehead atoms. The van der Waals surface area contributed by atoms with Crippen LogP contribution in [0.1, 0.15) is 55.7 Å². The molecule has 10 heteroatoms. The predicted octanol–water partition coefficient (Wildman–Crippen LogP) is 10.4. The largest absolute Gasteiger partial charge is 0.505 e. The number of hydrogen-bond acceptors (Lipinski definition) is 7. The summed E-state index contributed by atoms with van der Waals surface area (Å²) in [5.41, 5.74) is 7.18. The van der Waals surface area contributed by atoms with Crippen molar-refractivity contribution >= 4 is 23.1 Å². The van der Waals surface area contributed by atoms with E-state index in [4.69, 9.17) is 4.74 Å². The van der Waals surface area contributed by atoms with Gasteiger partial charge in [-0.05, 0) is 125 Å². The fourth-order valence-corrected chi connectivity index (χ4v) is 8.82. The lowest BCUT2D eigenvalue weighted by molar-refractivity contribution is 0.0975. The zero-order chi connectivity index (χ0) is 45.3. The van der Waals surface area contributed by atoms with Gasteiger partial charge in [-0.25, -0.2) is 8.78 Å². The van der Waals surface area contributed by atoms with Crippen LogP contribution in [0.15, 0.2) is 164 Å². The van der Waals surface area contributed by atoms with E-state index in [1.807, 2.05) is 121 Å². The normalized spacial score (nSPS) is 13.1. The lowest BCUT2D eigenvalue weighted by Gasteiger charge is -2.39. The van der Waals surface area contributed by atoms with Crippen LogP contribution < -0.4 is 15.5 Å². The molecule has 0 unspecified atom stereocenters. The lowest BCUT2D eigenvalue weighted by atomic mass is 9.76. The molecule has 0 aliphatic carbocycles. The molecule has 8 rings (SSSR count). The van der Waals surface area contributed by atoms with E-state index < -0.39 is 28.8 Å². The number of nitrogens with one attached hydrogen (secondary N) is 3. The number of aromatic hydroxyl groups is 1. The number of nitrogens with zero attached hydrogens (tertiary/aromatic N) is 2. The number of phenolic OH excluding ortho intramolecular Hbond substituents is 1. The molecule has 0 radical (unpaired) electrons. The summed E-state index contributed by atoms with van der Waals surface area (Å²) in [4.78, 5) is 19.2. The molecule has 1 heterocycles. The van der Waals surface area contributed by atoms with E-state index in [0.29, 0.717) is 58.5 Å². The van der Waals surface area contributed by atoms with Gasteiger partial charge >= 0.3 is 0 Å². The molecule has 1 amide bonds. The fraction of sp³-hybridized carbons (Fsp3) is 0.200. The van der Waals surface area contributed by atoms with Crippen molar-refractivity contribution < 1.29 is 23.4 Å². The summed E-state index contributed by atoms with van der Waals surface area (Å²) in [5, 5.41) is 27.0. The summed E-state index contributed by atoms with van der Waals surface area (Å²) >= 11 is 0. The van der Waals surface area contributed by atoms with Crippen molar-refractivity contribution in [3.8, 4) is 16.9 Å². The molecule has 0 atom stereocenters. The molecular formula is C55H53F2N5O3. The highest BCUT2D eigenvalue weighted by molar-refractivity contribution is 6.14. The number of likely N-dealkylation sites (N-methyl/N-ethyl adjacent to an activating group) is 1. The number of phenols is 1. The van der Waals surface area contributed by atoms with Gasteiger partial charge in [-0.2, -0.15) is 0 Å². The molecule has 1 aliphatic rings. The van der Waals surface area contributed by atoms with E-state index in [0.717, 1.165) is 54.1 Å². The van der Waals surface area contributed by atoms with E-state index in [1.54, 1.807) is 19.2 Å². The molecule has 1 saturated heterocycles. The number of piperazine rings is 1. The Labute approximate surface area is 379 Å². The van der Waals surface area contributed by atoms with Crippen molar-refractivity contribution in [2.24, 2.45) is 0 Å². The number of hydrogen-bond donors (Lipinski definition) is 4. The molecular weight excluding hydrogens is 817 g/mol. The minimum atomic E-state index is -1.06. The quantitative estimate of drug-likeness (QED) is 0.0354. The number of carbonyl (C=O) groups excluding carboxylic acids is 1. The van der Waals surface area contributed by atoms with E-state index in [1.165, 1.54) is 24.3 Å². The number of amides is 1. The smallest absolute Gasteiger partial charge is 0.257 e. The first-order chi connectivity index (χ1) is 31.6. The first-order valence-corrected chi connectivity index (χ1v) is 21.9. The SMILES string of the molecule is COCCCc1cc(N2CCN(C)CC2)ccc1C(=O)NC(=N)c1cc(Cc2cccc(F)c2)c(-c2ccc(O)c(F)c2)cc1NC(c1ccccc1)(c1ccccc1)c1ccccc1. The van der Waals surface area contributed by atoms with Gasteiger partial charge in [0.1, 0.15) is 17.2 Å². The monoisotopic (exact) mass is 869 g/mol. The van der Waals surface area contributed by atoms with Gasteiger partial charge in [-0.1, -0.05) is 109 Å². The first-order valence-electron chi connectivity index (χ1n) is 21.9. The van der Waals surface area contributed by atoms with E-state index in [-0.39, 0.29) is 12.3 Å². The molecule has 65 heavy (non-hydrogen) atoms. The Bertz CT molecular complexity index is 2660. The number of amidine groups is 1. The maximum Gasteiger partial charge on any atom is 0.257 e. The molecule has 7 aromatic rings. The minimum absolute atomic E-state index is 0.171. The molecule has 4 N–H and O–H groups in total. The number of rotatable bonds is 15. The zero-order valence-corrected chi connectivity index (χ0v) is 36.7. The Balaban J connectivity index is 1.30. The third kappa shape index (κ3) is 9.99. The highest BCUT2D eigenvalue weighted by Gasteiger charge is 2.37. The van der Waals surface area contributed by atoms with Crippen molar-refractivity contribution in [2.45, 2.75) is 24.8 Å². The lowest BCUT2D eigenvalue weighted by Crippen LogP contribution is -2.44. The maximum atomic E-state index is 15.3. The van der Waals surface area contributed by atoms with E-state index >= 15 is 4.39 Å². The number of benzene rings is 7. The third-order valence-electron chi connectivity index (χ3n) is 12.2. The second-order valence-electron chi connectivity index (χ2n) is 16.6. The number of halogens is 2. The van der Waals surface area contributed by atoms with Crippen LogP contribution in [0.4, 0.5) is 20.2 Å². The summed E-state index contributed by atoms with van der Waals surface area (Å²) < 4.78 is 35.4. The van der Waals surface area contributed by atoms with E-state index in [2.05, 4.69) is 33.5 Å². The van der Waals surface area contributed by atoms with Gasteiger partial charge in [-0.15, -0.1) is 0 Å². The topological polar surface area (TPSA) is 101 Å². The van der Waals surface area contributed by atoms with Crippen molar-refractivity contribution in [2.75, 3.05) is 57.2 Å². The summed E-state index contributed by atoms with van der Waals surface area (Å²) in [7, 11) is 3.78. The predicted molar refractivity (Wildman–Crippen MR) is 256 cm³/mol. The van der Waals surface area contributed by atoms with Crippen molar-refractivity contribution in [3.05, 3.63) is 220 Å². The summed E-state index contributed by atoms with van der Waals surface area (Å²) in [6.45, 7) is 4.16. The molecule has 1 fully saturated rings. The zero-order valence-electron chi connectivity index (χ0n) is 36.7. The number of carbonyl (C=O) groups is 1.